The predicted octanol–water partition coefficient (Wildman–Crippen LogP) is -0.405. The summed E-state index contributed by atoms with van der Waals surface area (Å²) < 4.78 is 5.01. The highest BCUT2D eigenvalue weighted by Gasteiger charge is 2.06. The Kier molecular flexibility index (Phi) is 3.07. The normalized spacial score (nSPS) is 10.2. The van der Waals surface area contributed by atoms with Crippen molar-refractivity contribution in [3.05, 3.63) is 12.0 Å². The van der Waals surface area contributed by atoms with E-state index >= 15 is 0 Å². The van der Waals surface area contributed by atoms with E-state index in [1.165, 1.54) is 6.26 Å². The van der Waals surface area contributed by atoms with Crippen molar-refractivity contribution in [3.63, 3.8) is 0 Å². The molecule has 0 amide bonds. The van der Waals surface area contributed by atoms with E-state index in [9.17, 15) is 0 Å². The molecule has 0 aliphatic carbocycles. The molecule has 12 heavy (non-hydrogen) atoms. The number of rotatable bonds is 4. The lowest BCUT2D eigenvalue weighted by Crippen LogP contribution is -2.21. The Labute approximate surface area is 70.3 Å². The van der Waals surface area contributed by atoms with Crippen molar-refractivity contribution in [1.29, 1.82) is 0 Å². The third kappa shape index (κ3) is 1.96. The summed E-state index contributed by atoms with van der Waals surface area (Å²) >= 11 is 0. The third-order valence-corrected chi connectivity index (χ3v) is 1.46. The number of oxazole rings is 1. The Bertz CT molecular complexity index is 236. The Morgan fingerprint density at radius 2 is 2.33 bits per heavy atom. The molecule has 0 aliphatic heterocycles. The molecule has 0 fully saturated rings. The molecule has 1 aromatic heterocycles. The van der Waals surface area contributed by atoms with Gasteiger partial charge in [0.15, 0.2) is 0 Å². The van der Waals surface area contributed by atoms with Crippen LogP contribution in [-0.4, -0.2) is 35.4 Å². The van der Waals surface area contributed by atoms with Crippen LogP contribution < -0.4 is 4.90 Å². The fourth-order valence-corrected chi connectivity index (χ4v) is 0.790. The second kappa shape index (κ2) is 4.08. The molecule has 0 aromatic carbocycles. The van der Waals surface area contributed by atoms with Crippen LogP contribution in [0.15, 0.2) is 10.7 Å². The van der Waals surface area contributed by atoms with Crippen molar-refractivity contribution >= 4 is 6.01 Å². The van der Waals surface area contributed by atoms with E-state index in [1.807, 2.05) is 0 Å². The molecule has 1 heterocycles. The smallest absolute Gasteiger partial charge is 0.297 e. The van der Waals surface area contributed by atoms with Gasteiger partial charge in [-0.1, -0.05) is 0 Å². The number of hydrogen-bond donors (Lipinski definition) is 2. The lowest BCUT2D eigenvalue weighted by molar-refractivity contribution is 0.276. The van der Waals surface area contributed by atoms with Gasteiger partial charge in [-0.2, -0.15) is 4.98 Å². The van der Waals surface area contributed by atoms with Crippen LogP contribution in [0.1, 0.15) is 5.69 Å². The zero-order valence-corrected chi connectivity index (χ0v) is 6.90. The number of likely N-dealkylation sites (N-methyl/N-ethyl adjacent to an activating group) is 1. The van der Waals surface area contributed by atoms with Gasteiger partial charge in [-0.15, -0.1) is 0 Å². The number of aromatic nitrogens is 1. The molecule has 0 spiro atoms. The van der Waals surface area contributed by atoms with Crippen molar-refractivity contribution in [1.82, 2.24) is 4.98 Å². The van der Waals surface area contributed by atoms with Crippen molar-refractivity contribution < 1.29 is 14.6 Å². The molecule has 68 valence electrons. The van der Waals surface area contributed by atoms with Crippen molar-refractivity contribution in [2.24, 2.45) is 0 Å². The van der Waals surface area contributed by atoms with Gasteiger partial charge in [0, 0.05) is 13.6 Å². The minimum absolute atomic E-state index is 0.0489. The summed E-state index contributed by atoms with van der Waals surface area (Å²) in [7, 11) is 1.75. The number of hydrogen-bond acceptors (Lipinski definition) is 5. The lowest BCUT2D eigenvalue weighted by Gasteiger charge is -2.11. The predicted molar refractivity (Wildman–Crippen MR) is 42.8 cm³/mol. The molecule has 5 nitrogen and oxygen atoms in total. The van der Waals surface area contributed by atoms with E-state index in [-0.39, 0.29) is 13.2 Å². The van der Waals surface area contributed by atoms with Crippen molar-refractivity contribution in [2.45, 2.75) is 6.61 Å². The molecule has 2 N–H and O–H groups in total. The van der Waals surface area contributed by atoms with E-state index in [0.29, 0.717) is 18.3 Å². The molecule has 1 aromatic rings. The Hall–Kier alpha value is -1.07. The summed E-state index contributed by atoms with van der Waals surface area (Å²) in [6, 6.07) is 0.410. The van der Waals surface area contributed by atoms with Crippen LogP contribution in [0, 0.1) is 0 Å². The maximum atomic E-state index is 8.67. The number of nitrogens with zero attached hydrogens (tertiary/aromatic N) is 2. The van der Waals surface area contributed by atoms with Crippen LogP contribution in [0.25, 0.3) is 0 Å². The van der Waals surface area contributed by atoms with Gasteiger partial charge in [0.05, 0.1) is 13.2 Å². The topological polar surface area (TPSA) is 69.7 Å². The highest BCUT2D eigenvalue weighted by molar-refractivity contribution is 5.24. The summed E-state index contributed by atoms with van der Waals surface area (Å²) in [5, 5.41) is 17.3. The molecule has 0 saturated heterocycles. The number of aliphatic hydroxyl groups is 2. The summed E-state index contributed by atoms with van der Waals surface area (Å²) in [5.74, 6) is 0. The highest BCUT2D eigenvalue weighted by atomic mass is 16.4. The Morgan fingerprint density at radius 3 is 2.83 bits per heavy atom. The zero-order valence-electron chi connectivity index (χ0n) is 6.90. The van der Waals surface area contributed by atoms with Crippen molar-refractivity contribution in [3.8, 4) is 0 Å². The fourth-order valence-electron chi connectivity index (χ4n) is 0.790. The minimum atomic E-state index is -0.129. The van der Waals surface area contributed by atoms with Gasteiger partial charge in [-0.25, -0.2) is 0 Å². The number of aliphatic hydroxyl groups excluding tert-OH is 2. The van der Waals surface area contributed by atoms with Gasteiger partial charge in [0.2, 0.25) is 0 Å². The standard InChI is InChI=1S/C7H12N2O3/c1-9(2-3-10)7-8-6(4-11)5-12-7/h5,10-11H,2-4H2,1H3. The average molecular weight is 172 g/mol. The average Bonchev–Trinajstić information content (AvgIpc) is 2.52. The first-order chi connectivity index (χ1) is 5.77. The van der Waals surface area contributed by atoms with E-state index in [4.69, 9.17) is 14.6 Å². The molecule has 0 saturated carbocycles. The second-order valence-electron chi connectivity index (χ2n) is 2.42. The fraction of sp³-hybridized carbons (Fsp3) is 0.571. The van der Waals surface area contributed by atoms with E-state index in [2.05, 4.69) is 4.98 Å². The SMILES string of the molecule is CN(CCO)c1nc(CO)co1. The summed E-state index contributed by atoms with van der Waals surface area (Å²) in [4.78, 5) is 5.61. The van der Waals surface area contributed by atoms with Crippen molar-refractivity contribution in [2.75, 3.05) is 25.1 Å². The zero-order chi connectivity index (χ0) is 8.97. The molecular formula is C7H12N2O3. The van der Waals surface area contributed by atoms with Gasteiger partial charge in [-0.3, -0.25) is 0 Å². The summed E-state index contributed by atoms with van der Waals surface area (Å²) in [5.41, 5.74) is 0.495. The van der Waals surface area contributed by atoms with E-state index in [0.717, 1.165) is 0 Å². The van der Waals surface area contributed by atoms with Gasteiger partial charge >= 0.3 is 0 Å². The molecule has 0 bridgehead atoms. The molecular weight excluding hydrogens is 160 g/mol. The van der Waals surface area contributed by atoms with E-state index in [1.54, 1.807) is 11.9 Å². The largest absolute Gasteiger partial charge is 0.432 e. The number of anilines is 1. The van der Waals surface area contributed by atoms with Gasteiger partial charge in [0.1, 0.15) is 12.0 Å². The first kappa shape index (κ1) is 9.02. The second-order valence-corrected chi connectivity index (χ2v) is 2.42. The minimum Gasteiger partial charge on any atom is -0.432 e. The molecule has 0 radical (unpaired) electrons. The van der Waals surface area contributed by atoms with Gasteiger partial charge < -0.3 is 19.5 Å². The molecule has 0 atom stereocenters. The Morgan fingerprint density at radius 1 is 1.58 bits per heavy atom. The molecule has 5 heteroatoms. The first-order valence-electron chi connectivity index (χ1n) is 3.65. The maximum Gasteiger partial charge on any atom is 0.297 e. The van der Waals surface area contributed by atoms with Gasteiger partial charge in [0.25, 0.3) is 6.01 Å². The van der Waals surface area contributed by atoms with Crippen LogP contribution in [0.4, 0.5) is 6.01 Å². The Balaban J connectivity index is 2.61. The molecule has 1 rings (SSSR count). The summed E-state index contributed by atoms with van der Waals surface area (Å²) in [6.07, 6.45) is 1.39. The summed E-state index contributed by atoms with van der Waals surface area (Å²) in [6.45, 7) is 0.384. The monoisotopic (exact) mass is 172 g/mol. The molecule has 0 unspecified atom stereocenters. The van der Waals surface area contributed by atoms with Crippen LogP contribution in [0.5, 0.6) is 0 Å². The van der Waals surface area contributed by atoms with Crippen LogP contribution in [0.2, 0.25) is 0 Å². The lowest BCUT2D eigenvalue weighted by atomic mass is 10.5. The maximum absolute atomic E-state index is 8.67. The van der Waals surface area contributed by atoms with Crippen LogP contribution in [0.3, 0.4) is 0 Å². The highest BCUT2D eigenvalue weighted by Crippen LogP contribution is 2.10. The molecule has 0 aliphatic rings. The van der Waals surface area contributed by atoms with Crippen LogP contribution in [-0.2, 0) is 6.61 Å². The van der Waals surface area contributed by atoms with Gasteiger partial charge in [-0.05, 0) is 0 Å². The first-order valence-corrected chi connectivity index (χ1v) is 3.65. The van der Waals surface area contributed by atoms with E-state index < -0.39 is 0 Å². The third-order valence-electron chi connectivity index (χ3n) is 1.46. The van der Waals surface area contributed by atoms with Crippen LogP contribution >= 0.6 is 0 Å². The quantitative estimate of drug-likeness (QED) is 0.646.